The number of nitrogens with one attached hydrogen (secondary N) is 1. The molecule has 0 fully saturated rings. The molecule has 1 rings (SSSR count). The van der Waals surface area contributed by atoms with Crippen LogP contribution in [0.4, 0.5) is 11.5 Å². The quantitative estimate of drug-likeness (QED) is 0.706. The number of anilines is 2. The van der Waals surface area contributed by atoms with Crippen molar-refractivity contribution in [2.75, 3.05) is 11.1 Å². The van der Waals surface area contributed by atoms with E-state index < -0.39 is 11.6 Å². The van der Waals surface area contributed by atoms with E-state index in [2.05, 4.69) is 10.3 Å². The summed E-state index contributed by atoms with van der Waals surface area (Å²) in [6.07, 6.45) is 1.21. The summed E-state index contributed by atoms with van der Waals surface area (Å²) in [5.41, 5.74) is 7.05. The van der Waals surface area contributed by atoms with Gasteiger partial charge in [-0.1, -0.05) is 0 Å². The highest BCUT2D eigenvalue weighted by Gasteiger charge is 2.24. The maximum atomic E-state index is 9.57. The molecule has 0 saturated heterocycles. The van der Waals surface area contributed by atoms with E-state index >= 15 is 0 Å². The standard InChI is InChI=1S/C11H19N3O/c1-7-5-6-13-10(9(7)12)14-11(3,4)8(2)15/h5-6,8,15H,12H2,1-4H3,(H,13,14). The molecule has 4 N–H and O–H groups in total. The Hall–Kier alpha value is -1.29. The number of pyridine rings is 1. The van der Waals surface area contributed by atoms with Crippen LogP contribution in [0, 0.1) is 6.92 Å². The highest BCUT2D eigenvalue weighted by Crippen LogP contribution is 2.23. The Morgan fingerprint density at radius 3 is 2.67 bits per heavy atom. The minimum atomic E-state index is -0.487. The second kappa shape index (κ2) is 4.06. The van der Waals surface area contributed by atoms with E-state index in [1.54, 1.807) is 13.1 Å². The van der Waals surface area contributed by atoms with Crippen molar-refractivity contribution in [1.29, 1.82) is 0 Å². The normalized spacial score (nSPS) is 13.7. The van der Waals surface area contributed by atoms with Gasteiger partial charge in [-0.15, -0.1) is 0 Å². The van der Waals surface area contributed by atoms with E-state index in [1.165, 1.54) is 0 Å². The van der Waals surface area contributed by atoms with Crippen LogP contribution in [0.1, 0.15) is 26.3 Å². The Morgan fingerprint density at radius 2 is 2.13 bits per heavy atom. The number of hydrogen-bond acceptors (Lipinski definition) is 4. The molecule has 15 heavy (non-hydrogen) atoms. The van der Waals surface area contributed by atoms with Gasteiger partial charge in [-0.2, -0.15) is 0 Å². The van der Waals surface area contributed by atoms with Crippen molar-refractivity contribution in [2.24, 2.45) is 0 Å². The monoisotopic (exact) mass is 209 g/mol. The number of nitrogen functional groups attached to an aromatic ring is 1. The third kappa shape index (κ3) is 2.59. The maximum Gasteiger partial charge on any atom is 0.149 e. The van der Waals surface area contributed by atoms with Crippen molar-refractivity contribution in [2.45, 2.75) is 39.3 Å². The molecule has 0 radical (unpaired) electrons. The zero-order valence-corrected chi connectivity index (χ0v) is 9.70. The molecule has 0 saturated carbocycles. The summed E-state index contributed by atoms with van der Waals surface area (Å²) in [7, 11) is 0. The molecule has 1 atom stereocenters. The molecular weight excluding hydrogens is 190 g/mol. The van der Waals surface area contributed by atoms with Crippen molar-refractivity contribution in [3.05, 3.63) is 17.8 Å². The van der Waals surface area contributed by atoms with Gasteiger partial charge in [-0.25, -0.2) is 4.98 Å². The lowest BCUT2D eigenvalue weighted by atomic mass is 9.98. The molecule has 4 nitrogen and oxygen atoms in total. The number of hydrogen-bond donors (Lipinski definition) is 3. The van der Waals surface area contributed by atoms with Crippen molar-refractivity contribution in [3.63, 3.8) is 0 Å². The Balaban J connectivity index is 2.95. The first-order valence-electron chi connectivity index (χ1n) is 5.02. The van der Waals surface area contributed by atoms with Crippen LogP contribution in [0.5, 0.6) is 0 Å². The van der Waals surface area contributed by atoms with E-state index in [9.17, 15) is 5.11 Å². The van der Waals surface area contributed by atoms with Gasteiger partial charge in [0.2, 0.25) is 0 Å². The van der Waals surface area contributed by atoms with Gasteiger partial charge in [-0.05, 0) is 39.3 Å². The van der Waals surface area contributed by atoms with Gasteiger partial charge in [-0.3, -0.25) is 0 Å². The predicted octanol–water partition coefficient (Wildman–Crippen LogP) is 1.54. The lowest BCUT2D eigenvalue weighted by molar-refractivity contribution is 0.133. The number of aromatic nitrogens is 1. The van der Waals surface area contributed by atoms with Crippen LogP contribution in [0.15, 0.2) is 12.3 Å². The highest BCUT2D eigenvalue weighted by molar-refractivity contribution is 5.65. The molecule has 0 aliphatic carbocycles. The molecule has 4 heteroatoms. The van der Waals surface area contributed by atoms with Gasteiger partial charge in [0.05, 0.1) is 17.3 Å². The SMILES string of the molecule is Cc1ccnc(NC(C)(C)C(C)O)c1N. The Morgan fingerprint density at radius 1 is 1.53 bits per heavy atom. The van der Waals surface area contributed by atoms with Crippen molar-refractivity contribution >= 4 is 11.5 Å². The molecule has 84 valence electrons. The van der Waals surface area contributed by atoms with Gasteiger partial charge >= 0.3 is 0 Å². The van der Waals surface area contributed by atoms with Gasteiger partial charge in [0.1, 0.15) is 5.82 Å². The van der Waals surface area contributed by atoms with Crippen LogP contribution in [-0.4, -0.2) is 21.7 Å². The lowest BCUT2D eigenvalue weighted by Gasteiger charge is -2.30. The lowest BCUT2D eigenvalue weighted by Crippen LogP contribution is -2.42. The number of aliphatic hydroxyl groups excluding tert-OH is 1. The molecule has 0 aliphatic heterocycles. The first-order valence-corrected chi connectivity index (χ1v) is 5.02. The second-order valence-corrected chi connectivity index (χ2v) is 4.41. The van der Waals surface area contributed by atoms with Crippen molar-refractivity contribution in [1.82, 2.24) is 4.98 Å². The minimum Gasteiger partial charge on any atom is -0.396 e. The fourth-order valence-corrected chi connectivity index (χ4v) is 1.08. The zero-order chi connectivity index (χ0) is 11.6. The summed E-state index contributed by atoms with van der Waals surface area (Å²) >= 11 is 0. The first-order chi connectivity index (χ1) is 6.84. The van der Waals surface area contributed by atoms with Crippen LogP contribution >= 0.6 is 0 Å². The number of rotatable bonds is 3. The zero-order valence-electron chi connectivity index (χ0n) is 9.70. The van der Waals surface area contributed by atoms with Crippen LogP contribution in [0.3, 0.4) is 0 Å². The summed E-state index contributed by atoms with van der Waals surface area (Å²) in [6, 6.07) is 1.86. The maximum absolute atomic E-state index is 9.57. The van der Waals surface area contributed by atoms with Crippen LogP contribution in [-0.2, 0) is 0 Å². The summed E-state index contributed by atoms with van der Waals surface area (Å²) in [5, 5.41) is 12.7. The number of nitrogens with two attached hydrogens (primary N) is 1. The largest absolute Gasteiger partial charge is 0.396 e. The molecule has 1 aromatic heterocycles. The fraction of sp³-hybridized carbons (Fsp3) is 0.545. The van der Waals surface area contributed by atoms with Crippen LogP contribution < -0.4 is 11.1 Å². The average molecular weight is 209 g/mol. The molecule has 0 amide bonds. The Kier molecular flexibility index (Phi) is 3.19. The summed E-state index contributed by atoms with van der Waals surface area (Å²) in [5.74, 6) is 0.626. The van der Waals surface area contributed by atoms with Crippen LogP contribution in [0.25, 0.3) is 0 Å². The summed E-state index contributed by atoms with van der Waals surface area (Å²) in [6.45, 7) is 7.47. The van der Waals surface area contributed by atoms with E-state index in [1.807, 2.05) is 26.8 Å². The molecule has 1 heterocycles. The van der Waals surface area contributed by atoms with Crippen molar-refractivity contribution in [3.8, 4) is 0 Å². The first kappa shape index (κ1) is 11.8. The molecule has 0 aromatic carbocycles. The molecular formula is C11H19N3O. The van der Waals surface area contributed by atoms with Gasteiger partial charge < -0.3 is 16.2 Å². The number of aryl methyl sites for hydroxylation is 1. The number of nitrogens with zero attached hydrogens (tertiary/aromatic N) is 1. The van der Waals surface area contributed by atoms with Crippen LogP contribution in [0.2, 0.25) is 0 Å². The number of aliphatic hydroxyl groups is 1. The van der Waals surface area contributed by atoms with E-state index in [4.69, 9.17) is 5.73 Å². The molecule has 0 aliphatic rings. The Bertz CT molecular complexity index is 348. The predicted molar refractivity (Wildman–Crippen MR) is 62.8 cm³/mol. The topological polar surface area (TPSA) is 71.2 Å². The van der Waals surface area contributed by atoms with Gasteiger partial charge in [0.25, 0.3) is 0 Å². The summed E-state index contributed by atoms with van der Waals surface area (Å²) in [4.78, 5) is 4.16. The highest BCUT2D eigenvalue weighted by atomic mass is 16.3. The average Bonchev–Trinajstić information content (AvgIpc) is 2.12. The van der Waals surface area contributed by atoms with Crippen molar-refractivity contribution < 1.29 is 5.11 Å². The summed E-state index contributed by atoms with van der Waals surface area (Å²) < 4.78 is 0. The second-order valence-electron chi connectivity index (χ2n) is 4.41. The van der Waals surface area contributed by atoms with Gasteiger partial charge in [0, 0.05) is 6.20 Å². The molecule has 0 bridgehead atoms. The van der Waals surface area contributed by atoms with E-state index in [-0.39, 0.29) is 0 Å². The molecule has 0 spiro atoms. The molecule has 1 unspecified atom stereocenters. The van der Waals surface area contributed by atoms with Gasteiger partial charge in [0.15, 0.2) is 0 Å². The third-order valence-electron chi connectivity index (χ3n) is 2.69. The van der Waals surface area contributed by atoms with E-state index in [0.717, 1.165) is 5.56 Å². The Labute approximate surface area is 90.5 Å². The fourth-order valence-electron chi connectivity index (χ4n) is 1.08. The van der Waals surface area contributed by atoms with E-state index in [0.29, 0.717) is 11.5 Å². The molecule has 1 aromatic rings. The minimum absolute atomic E-state index is 0.449. The smallest absolute Gasteiger partial charge is 0.149 e. The third-order valence-corrected chi connectivity index (χ3v) is 2.69.